The van der Waals surface area contributed by atoms with Gasteiger partial charge in [0, 0.05) is 18.1 Å². The molecule has 2 heterocycles. The number of carbonyl (C=O) groups is 1. The van der Waals surface area contributed by atoms with Crippen molar-refractivity contribution in [3.05, 3.63) is 61.3 Å². The molecule has 0 saturated carbocycles. The van der Waals surface area contributed by atoms with E-state index in [0.29, 0.717) is 18.0 Å². The zero-order valence-electron chi connectivity index (χ0n) is 13.1. The quantitative estimate of drug-likeness (QED) is 0.755. The maximum atomic E-state index is 12.0. The van der Waals surface area contributed by atoms with Crippen molar-refractivity contribution in [2.45, 2.75) is 6.92 Å². The van der Waals surface area contributed by atoms with Crippen molar-refractivity contribution in [2.24, 2.45) is 0 Å². The molecule has 3 rings (SSSR count). The Bertz CT molecular complexity index is 783. The highest BCUT2D eigenvalue weighted by atomic mass is 16.5. The number of hydrogen-bond donors (Lipinski definition) is 2. The number of imidazole rings is 1. The zero-order valence-corrected chi connectivity index (χ0v) is 13.1. The van der Waals surface area contributed by atoms with E-state index in [0.717, 1.165) is 11.6 Å². The topological polar surface area (TPSA) is 81.1 Å². The first-order valence-corrected chi connectivity index (χ1v) is 7.50. The van der Waals surface area contributed by atoms with Crippen LogP contribution >= 0.6 is 0 Å². The molecule has 0 atom stereocenters. The van der Waals surface area contributed by atoms with E-state index in [1.54, 1.807) is 65.9 Å². The Morgan fingerprint density at radius 2 is 1.88 bits per heavy atom. The van der Waals surface area contributed by atoms with Gasteiger partial charge in [0.05, 0.1) is 18.5 Å². The van der Waals surface area contributed by atoms with Crippen LogP contribution in [0.1, 0.15) is 6.92 Å². The molecule has 0 fully saturated rings. The smallest absolute Gasteiger partial charge is 0.323 e. The number of hydrogen-bond acceptors (Lipinski definition) is 4. The van der Waals surface area contributed by atoms with Crippen LogP contribution in [0.5, 0.6) is 5.75 Å². The van der Waals surface area contributed by atoms with Gasteiger partial charge in [0.25, 0.3) is 0 Å². The molecule has 0 aliphatic rings. The molecule has 0 radical (unpaired) electrons. The van der Waals surface area contributed by atoms with E-state index in [9.17, 15) is 4.79 Å². The van der Waals surface area contributed by atoms with Crippen LogP contribution in [0, 0.1) is 0 Å². The predicted octanol–water partition coefficient (Wildman–Crippen LogP) is 3.31. The summed E-state index contributed by atoms with van der Waals surface area (Å²) in [5.41, 5.74) is 1.28. The van der Waals surface area contributed by atoms with Crippen molar-refractivity contribution >= 4 is 17.4 Å². The molecule has 122 valence electrons. The summed E-state index contributed by atoms with van der Waals surface area (Å²) in [7, 11) is 0. The summed E-state index contributed by atoms with van der Waals surface area (Å²) in [5.74, 6) is 1.49. The number of ether oxygens (including phenoxy) is 1. The van der Waals surface area contributed by atoms with E-state index < -0.39 is 0 Å². The minimum atomic E-state index is -0.337. The Morgan fingerprint density at radius 1 is 1.12 bits per heavy atom. The summed E-state index contributed by atoms with van der Waals surface area (Å²) in [6.45, 7) is 2.53. The van der Waals surface area contributed by atoms with Gasteiger partial charge in [0.15, 0.2) is 0 Å². The number of carbonyl (C=O) groups excluding carboxylic acids is 1. The van der Waals surface area contributed by atoms with Gasteiger partial charge in [-0.1, -0.05) is 0 Å². The fourth-order valence-corrected chi connectivity index (χ4v) is 2.10. The Hall–Kier alpha value is -3.35. The molecule has 0 unspecified atom stereocenters. The predicted molar refractivity (Wildman–Crippen MR) is 91.6 cm³/mol. The molecular weight excluding hydrogens is 306 g/mol. The zero-order chi connectivity index (χ0) is 16.8. The molecule has 0 aliphatic heterocycles. The van der Waals surface area contributed by atoms with E-state index in [4.69, 9.17) is 4.74 Å². The highest BCUT2D eigenvalue weighted by molar-refractivity contribution is 5.99. The molecule has 24 heavy (non-hydrogen) atoms. The second-order valence-corrected chi connectivity index (χ2v) is 4.91. The second kappa shape index (κ2) is 7.28. The van der Waals surface area contributed by atoms with Crippen LogP contribution in [0.25, 0.3) is 5.82 Å². The molecule has 1 aromatic carbocycles. The number of amides is 2. The highest BCUT2D eigenvalue weighted by Gasteiger charge is 2.04. The third-order valence-corrected chi connectivity index (χ3v) is 3.20. The molecule has 0 saturated heterocycles. The first-order chi connectivity index (χ1) is 11.7. The molecule has 0 bridgehead atoms. The third-order valence-electron chi connectivity index (χ3n) is 3.20. The molecule has 2 N–H and O–H groups in total. The van der Waals surface area contributed by atoms with Gasteiger partial charge in [-0.3, -0.25) is 4.57 Å². The lowest BCUT2D eigenvalue weighted by Crippen LogP contribution is -2.19. The first-order valence-electron chi connectivity index (χ1n) is 7.50. The standard InChI is InChI=1S/C17H17N5O2/c1-2-24-15-6-3-13(4-7-15)20-17(23)21-14-5-8-16(19-11-14)22-10-9-18-12-22/h3-12H,2H2,1H3,(H2,20,21,23). The van der Waals surface area contributed by atoms with Gasteiger partial charge in [0.2, 0.25) is 0 Å². The lowest BCUT2D eigenvalue weighted by molar-refractivity contribution is 0.262. The number of nitrogens with zero attached hydrogens (tertiary/aromatic N) is 3. The maximum Gasteiger partial charge on any atom is 0.323 e. The van der Waals surface area contributed by atoms with Crippen molar-refractivity contribution in [2.75, 3.05) is 17.2 Å². The molecule has 0 aliphatic carbocycles. The number of pyridine rings is 1. The Balaban J connectivity index is 1.58. The van der Waals surface area contributed by atoms with Crippen LogP contribution < -0.4 is 15.4 Å². The van der Waals surface area contributed by atoms with Gasteiger partial charge in [-0.05, 0) is 43.3 Å². The van der Waals surface area contributed by atoms with Crippen molar-refractivity contribution in [3.63, 3.8) is 0 Å². The monoisotopic (exact) mass is 323 g/mol. The molecular formula is C17H17N5O2. The minimum Gasteiger partial charge on any atom is -0.494 e. The van der Waals surface area contributed by atoms with E-state index in [2.05, 4.69) is 20.6 Å². The Labute approximate surface area is 139 Å². The molecule has 2 amide bonds. The Morgan fingerprint density at radius 3 is 2.50 bits per heavy atom. The minimum absolute atomic E-state index is 0.337. The van der Waals surface area contributed by atoms with Gasteiger partial charge in [-0.15, -0.1) is 0 Å². The number of aromatic nitrogens is 3. The van der Waals surface area contributed by atoms with Crippen molar-refractivity contribution < 1.29 is 9.53 Å². The van der Waals surface area contributed by atoms with Gasteiger partial charge >= 0.3 is 6.03 Å². The van der Waals surface area contributed by atoms with Gasteiger partial charge in [-0.2, -0.15) is 0 Å². The SMILES string of the molecule is CCOc1ccc(NC(=O)Nc2ccc(-n3ccnc3)nc2)cc1. The summed E-state index contributed by atoms with van der Waals surface area (Å²) >= 11 is 0. The summed E-state index contributed by atoms with van der Waals surface area (Å²) in [4.78, 5) is 20.3. The maximum absolute atomic E-state index is 12.0. The summed E-state index contributed by atoms with van der Waals surface area (Å²) in [5, 5.41) is 5.49. The summed E-state index contributed by atoms with van der Waals surface area (Å²) in [6.07, 6.45) is 6.73. The van der Waals surface area contributed by atoms with Crippen LogP contribution in [-0.2, 0) is 0 Å². The first kappa shape index (κ1) is 15.5. The van der Waals surface area contributed by atoms with Crippen LogP contribution in [0.2, 0.25) is 0 Å². The molecule has 3 aromatic rings. The number of urea groups is 1. The Kier molecular flexibility index (Phi) is 4.71. The number of anilines is 2. The highest BCUT2D eigenvalue weighted by Crippen LogP contribution is 2.16. The van der Waals surface area contributed by atoms with Crippen LogP contribution in [0.3, 0.4) is 0 Å². The fraction of sp³-hybridized carbons (Fsp3) is 0.118. The number of rotatable bonds is 5. The van der Waals surface area contributed by atoms with Gasteiger partial charge < -0.3 is 15.4 Å². The third kappa shape index (κ3) is 3.89. The van der Waals surface area contributed by atoms with Crippen LogP contribution in [0.15, 0.2) is 61.3 Å². The average molecular weight is 323 g/mol. The summed E-state index contributed by atoms with van der Waals surface area (Å²) < 4.78 is 7.14. The van der Waals surface area contributed by atoms with Crippen molar-refractivity contribution in [1.82, 2.24) is 14.5 Å². The van der Waals surface area contributed by atoms with E-state index >= 15 is 0 Å². The second-order valence-electron chi connectivity index (χ2n) is 4.91. The normalized spacial score (nSPS) is 10.2. The largest absolute Gasteiger partial charge is 0.494 e. The lowest BCUT2D eigenvalue weighted by Gasteiger charge is -2.09. The van der Waals surface area contributed by atoms with E-state index in [1.807, 2.05) is 6.92 Å². The molecule has 2 aromatic heterocycles. The van der Waals surface area contributed by atoms with Crippen LogP contribution in [0.4, 0.5) is 16.2 Å². The number of benzene rings is 1. The lowest BCUT2D eigenvalue weighted by atomic mass is 10.3. The molecule has 0 spiro atoms. The summed E-state index contributed by atoms with van der Waals surface area (Å²) in [6, 6.07) is 10.4. The molecule has 7 heteroatoms. The van der Waals surface area contributed by atoms with E-state index in [1.165, 1.54) is 0 Å². The van der Waals surface area contributed by atoms with E-state index in [-0.39, 0.29) is 6.03 Å². The van der Waals surface area contributed by atoms with Crippen molar-refractivity contribution in [1.29, 1.82) is 0 Å². The number of nitrogens with one attached hydrogen (secondary N) is 2. The molecule has 7 nitrogen and oxygen atoms in total. The van der Waals surface area contributed by atoms with Crippen LogP contribution in [-0.4, -0.2) is 27.2 Å². The van der Waals surface area contributed by atoms with Gasteiger partial charge in [-0.25, -0.2) is 14.8 Å². The fourth-order valence-electron chi connectivity index (χ4n) is 2.10. The van der Waals surface area contributed by atoms with Crippen molar-refractivity contribution in [3.8, 4) is 11.6 Å². The van der Waals surface area contributed by atoms with Gasteiger partial charge in [0.1, 0.15) is 17.9 Å². The average Bonchev–Trinajstić information content (AvgIpc) is 3.12.